The summed E-state index contributed by atoms with van der Waals surface area (Å²) in [5, 5.41) is 8.86. The van der Waals surface area contributed by atoms with Crippen molar-refractivity contribution in [1.29, 1.82) is 0 Å². The van der Waals surface area contributed by atoms with Crippen LogP contribution in [0.4, 0.5) is 4.39 Å². The first-order chi connectivity index (χ1) is 9.49. The number of benzene rings is 2. The summed E-state index contributed by atoms with van der Waals surface area (Å²) in [5.74, 6) is -1.41. The molecule has 5 heteroatoms. The van der Waals surface area contributed by atoms with Crippen LogP contribution < -0.4 is 4.74 Å². The van der Waals surface area contributed by atoms with Crippen LogP contribution in [0.5, 0.6) is 5.75 Å². The number of carboxylic acids is 1. The lowest BCUT2D eigenvalue weighted by molar-refractivity contribution is 0.0691. The third-order valence-corrected chi connectivity index (χ3v) is 3.32. The number of carboxylic acid groups (broad SMARTS) is 1. The minimum absolute atomic E-state index is 0.0184. The highest BCUT2D eigenvalue weighted by atomic mass is 79.9. The average Bonchev–Trinajstić information content (AvgIpc) is 2.39. The van der Waals surface area contributed by atoms with E-state index in [1.165, 1.54) is 18.2 Å². The van der Waals surface area contributed by atoms with Crippen molar-refractivity contribution in [3.8, 4) is 5.75 Å². The molecule has 0 spiro atoms. The van der Waals surface area contributed by atoms with E-state index < -0.39 is 11.8 Å². The third-order valence-electron chi connectivity index (χ3n) is 2.83. The van der Waals surface area contributed by atoms with Gasteiger partial charge in [0.15, 0.2) is 0 Å². The fourth-order valence-electron chi connectivity index (χ4n) is 1.79. The van der Waals surface area contributed by atoms with Crippen LogP contribution in [-0.2, 0) is 6.61 Å². The van der Waals surface area contributed by atoms with Gasteiger partial charge >= 0.3 is 5.97 Å². The van der Waals surface area contributed by atoms with Crippen molar-refractivity contribution in [2.45, 2.75) is 13.5 Å². The lowest BCUT2D eigenvalue weighted by Crippen LogP contribution is -2.06. The number of rotatable bonds is 4. The summed E-state index contributed by atoms with van der Waals surface area (Å²) in [6, 6.07) is 9.73. The summed E-state index contributed by atoms with van der Waals surface area (Å²) in [6.07, 6.45) is 0. The van der Waals surface area contributed by atoms with Crippen molar-refractivity contribution in [3.63, 3.8) is 0 Å². The topological polar surface area (TPSA) is 46.5 Å². The molecule has 0 unspecified atom stereocenters. The first kappa shape index (κ1) is 14.5. The standard InChI is InChI=1S/C15H12BrFO3/c1-9-7-11(16)5-6-13(9)20-8-10-3-2-4-12(14(10)17)15(18)19/h2-7H,8H2,1H3,(H,18,19). The van der Waals surface area contributed by atoms with Gasteiger partial charge in [-0.3, -0.25) is 0 Å². The molecule has 0 aromatic heterocycles. The van der Waals surface area contributed by atoms with Gasteiger partial charge in [0.1, 0.15) is 18.2 Å². The summed E-state index contributed by atoms with van der Waals surface area (Å²) in [7, 11) is 0. The van der Waals surface area contributed by atoms with Crippen LogP contribution in [0.1, 0.15) is 21.5 Å². The summed E-state index contributed by atoms with van der Waals surface area (Å²) in [6.45, 7) is 1.86. The first-order valence-electron chi connectivity index (χ1n) is 5.88. The van der Waals surface area contributed by atoms with Crippen LogP contribution in [0.2, 0.25) is 0 Å². The third kappa shape index (κ3) is 3.17. The molecule has 2 aromatic carbocycles. The highest BCUT2D eigenvalue weighted by Crippen LogP contribution is 2.23. The highest BCUT2D eigenvalue weighted by molar-refractivity contribution is 9.10. The molecule has 3 nitrogen and oxygen atoms in total. The lowest BCUT2D eigenvalue weighted by Gasteiger charge is -2.10. The fourth-order valence-corrected chi connectivity index (χ4v) is 2.26. The normalized spacial score (nSPS) is 10.3. The van der Waals surface area contributed by atoms with Crippen LogP contribution in [0.3, 0.4) is 0 Å². The second-order valence-electron chi connectivity index (χ2n) is 4.28. The fraction of sp³-hybridized carbons (Fsp3) is 0.133. The molecule has 0 saturated carbocycles. The van der Waals surface area contributed by atoms with Gasteiger partial charge in [0.2, 0.25) is 0 Å². The maximum absolute atomic E-state index is 13.9. The maximum Gasteiger partial charge on any atom is 0.338 e. The quantitative estimate of drug-likeness (QED) is 0.909. The number of hydrogen-bond donors (Lipinski definition) is 1. The van der Waals surface area contributed by atoms with E-state index in [0.29, 0.717) is 5.75 Å². The van der Waals surface area contributed by atoms with Crippen molar-refractivity contribution in [3.05, 3.63) is 63.4 Å². The Morgan fingerprint density at radius 3 is 2.75 bits per heavy atom. The number of ether oxygens (including phenoxy) is 1. The Kier molecular flexibility index (Phi) is 4.39. The van der Waals surface area contributed by atoms with Gasteiger partial charge in [-0.15, -0.1) is 0 Å². The number of aromatic carboxylic acids is 1. The van der Waals surface area contributed by atoms with E-state index in [1.807, 2.05) is 19.1 Å². The zero-order valence-corrected chi connectivity index (χ0v) is 12.3. The van der Waals surface area contributed by atoms with E-state index in [2.05, 4.69) is 15.9 Å². The number of carbonyl (C=O) groups is 1. The maximum atomic E-state index is 13.9. The van der Waals surface area contributed by atoms with Gasteiger partial charge in [-0.05, 0) is 36.8 Å². The zero-order chi connectivity index (χ0) is 14.7. The van der Waals surface area contributed by atoms with E-state index in [9.17, 15) is 9.18 Å². The molecule has 0 bridgehead atoms. The zero-order valence-electron chi connectivity index (χ0n) is 10.7. The molecule has 2 rings (SSSR count). The predicted octanol–water partition coefficient (Wildman–Crippen LogP) is 4.17. The molecule has 104 valence electrons. The molecule has 2 aromatic rings. The molecular weight excluding hydrogens is 327 g/mol. The van der Waals surface area contributed by atoms with Crippen molar-refractivity contribution in [1.82, 2.24) is 0 Å². The molecule has 0 saturated heterocycles. The van der Waals surface area contributed by atoms with E-state index in [-0.39, 0.29) is 17.7 Å². The SMILES string of the molecule is Cc1cc(Br)ccc1OCc1cccc(C(=O)O)c1F. The predicted molar refractivity (Wildman–Crippen MR) is 76.6 cm³/mol. The highest BCUT2D eigenvalue weighted by Gasteiger charge is 2.14. The van der Waals surface area contributed by atoms with Gasteiger partial charge in [0.05, 0.1) is 5.56 Å². The molecule has 0 atom stereocenters. The van der Waals surface area contributed by atoms with E-state index in [1.54, 1.807) is 6.07 Å². The summed E-state index contributed by atoms with van der Waals surface area (Å²) < 4.78 is 20.4. The van der Waals surface area contributed by atoms with Crippen LogP contribution in [-0.4, -0.2) is 11.1 Å². The lowest BCUT2D eigenvalue weighted by atomic mass is 10.1. The Morgan fingerprint density at radius 1 is 1.35 bits per heavy atom. The first-order valence-corrected chi connectivity index (χ1v) is 6.68. The monoisotopic (exact) mass is 338 g/mol. The molecule has 0 amide bonds. The molecule has 0 aliphatic carbocycles. The van der Waals surface area contributed by atoms with Gasteiger partial charge < -0.3 is 9.84 Å². The summed E-state index contributed by atoms with van der Waals surface area (Å²) in [4.78, 5) is 10.9. The Bertz CT molecular complexity index is 656. The van der Waals surface area contributed by atoms with Gasteiger partial charge in [0.25, 0.3) is 0 Å². The van der Waals surface area contributed by atoms with Crippen molar-refractivity contribution < 1.29 is 19.0 Å². The molecule has 1 N–H and O–H groups in total. The van der Waals surface area contributed by atoms with Gasteiger partial charge in [-0.1, -0.05) is 28.1 Å². The van der Waals surface area contributed by atoms with Crippen molar-refractivity contribution >= 4 is 21.9 Å². The second-order valence-corrected chi connectivity index (χ2v) is 5.20. The smallest absolute Gasteiger partial charge is 0.338 e. The van der Waals surface area contributed by atoms with Crippen molar-refractivity contribution in [2.24, 2.45) is 0 Å². The molecule has 0 aliphatic heterocycles. The van der Waals surface area contributed by atoms with Crippen LogP contribution >= 0.6 is 15.9 Å². The molecule has 0 radical (unpaired) electrons. The number of aryl methyl sites for hydroxylation is 1. The summed E-state index contributed by atoms with van der Waals surface area (Å²) >= 11 is 3.35. The Balaban J connectivity index is 2.19. The van der Waals surface area contributed by atoms with Gasteiger partial charge in [-0.25, -0.2) is 9.18 Å². The number of hydrogen-bond acceptors (Lipinski definition) is 2. The average molecular weight is 339 g/mol. The molecule has 20 heavy (non-hydrogen) atoms. The van der Waals surface area contributed by atoms with E-state index in [0.717, 1.165) is 10.0 Å². The second kappa shape index (κ2) is 6.05. The number of halogens is 2. The van der Waals surface area contributed by atoms with Crippen LogP contribution in [0.15, 0.2) is 40.9 Å². The minimum atomic E-state index is -1.29. The van der Waals surface area contributed by atoms with Gasteiger partial charge in [0, 0.05) is 10.0 Å². The van der Waals surface area contributed by atoms with E-state index >= 15 is 0 Å². The van der Waals surface area contributed by atoms with E-state index in [4.69, 9.17) is 9.84 Å². The molecule has 0 fully saturated rings. The van der Waals surface area contributed by atoms with Crippen LogP contribution in [0, 0.1) is 12.7 Å². The minimum Gasteiger partial charge on any atom is -0.489 e. The largest absolute Gasteiger partial charge is 0.489 e. The molecule has 0 aliphatic rings. The molecule has 0 heterocycles. The Hall–Kier alpha value is -1.88. The Labute approximate surface area is 124 Å². The van der Waals surface area contributed by atoms with Crippen LogP contribution in [0.25, 0.3) is 0 Å². The van der Waals surface area contributed by atoms with Gasteiger partial charge in [-0.2, -0.15) is 0 Å². The molecular formula is C15H12BrFO3. The Morgan fingerprint density at radius 2 is 2.10 bits per heavy atom. The summed E-state index contributed by atoms with van der Waals surface area (Å²) in [5.41, 5.74) is 0.778. The van der Waals surface area contributed by atoms with Crippen molar-refractivity contribution in [2.75, 3.05) is 0 Å².